The van der Waals surface area contributed by atoms with Crippen LogP contribution in [-0.2, 0) is 6.42 Å². The lowest BCUT2D eigenvalue weighted by molar-refractivity contribution is 0.920. The second-order valence-corrected chi connectivity index (χ2v) is 4.68. The summed E-state index contributed by atoms with van der Waals surface area (Å²) in [5.41, 5.74) is 10.6. The Morgan fingerprint density at radius 3 is 2.41 bits per heavy atom. The topological polar surface area (TPSA) is 30.9 Å². The predicted molar refractivity (Wildman–Crippen MR) is 73.0 cm³/mol. The summed E-state index contributed by atoms with van der Waals surface area (Å²) in [4.78, 5) is 0. The summed E-state index contributed by atoms with van der Waals surface area (Å²) in [5.74, 6) is 0. The van der Waals surface area contributed by atoms with Gasteiger partial charge in [0.25, 0.3) is 0 Å². The van der Waals surface area contributed by atoms with E-state index in [1.54, 1.807) is 0 Å². The molecule has 0 saturated carbocycles. The molecule has 1 aromatic carbocycles. The monoisotopic (exact) mass is 248 g/mol. The number of hydrogen-bond acceptors (Lipinski definition) is 1. The van der Waals surface area contributed by atoms with Gasteiger partial charge in [-0.1, -0.05) is 11.6 Å². The molecule has 0 aliphatic rings. The van der Waals surface area contributed by atoms with Gasteiger partial charge in [0.1, 0.15) is 0 Å². The molecule has 2 aromatic rings. The minimum absolute atomic E-state index is 0.685. The number of rotatable bonds is 3. The number of hydrogen-bond donors (Lipinski definition) is 1. The molecule has 0 radical (unpaired) electrons. The lowest BCUT2D eigenvalue weighted by atomic mass is 10.2. The highest BCUT2D eigenvalue weighted by Crippen LogP contribution is 2.22. The van der Waals surface area contributed by atoms with Gasteiger partial charge >= 0.3 is 0 Å². The first kappa shape index (κ1) is 12.2. The molecule has 2 nitrogen and oxygen atoms in total. The normalized spacial score (nSPS) is 10.8. The van der Waals surface area contributed by atoms with Gasteiger partial charge in [-0.2, -0.15) is 0 Å². The third kappa shape index (κ3) is 2.38. The number of nitrogens with zero attached hydrogens (tertiary/aromatic N) is 1. The zero-order valence-electron chi connectivity index (χ0n) is 10.2. The fraction of sp³-hybridized carbons (Fsp3) is 0.286. The lowest BCUT2D eigenvalue weighted by Crippen LogP contribution is -2.04. The molecule has 3 heteroatoms. The van der Waals surface area contributed by atoms with Gasteiger partial charge in [-0.05, 0) is 62.7 Å². The van der Waals surface area contributed by atoms with E-state index >= 15 is 0 Å². The Morgan fingerprint density at radius 1 is 1.18 bits per heavy atom. The predicted octanol–water partition coefficient (Wildman–Crippen LogP) is 3.25. The fourth-order valence-electron chi connectivity index (χ4n) is 2.23. The van der Waals surface area contributed by atoms with Gasteiger partial charge in [0.05, 0.1) is 0 Å². The number of aromatic nitrogens is 1. The van der Waals surface area contributed by atoms with E-state index < -0.39 is 0 Å². The van der Waals surface area contributed by atoms with E-state index in [4.69, 9.17) is 17.3 Å². The van der Waals surface area contributed by atoms with E-state index in [0.717, 1.165) is 17.1 Å². The van der Waals surface area contributed by atoms with Crippen molar-refractivity contribution in [2.24, 2.45) is 5.73 Å². The van der Waals surface area contributed by atoms with Crippen LogP contribution in [0.3, 0.4) is 0 Å². The molecule has 0 fully saturated rings. The number of benzene rings is 1. The van der Waals surface area contributed by atoms with Crippen molar-refractivity contribution in [3.05, 3.63) is 52.3 Å². The Hall–Kier alpha value is -1.25. The van der Waals surface area contributed by atoms with E-state index in [9.17, 15) is 0 Å². The summed E-state index contributed by atoms with van der Waals surface area (Å²) >= 11 is 5.91. The maximum absolute atomic E-state index is 5.91. The molecule has 0 amide bonds. The molecule has 0 aliphatic heterocycles. The molecule has 0 atom stereocenters. The van der Waals surface area contributed by atoms with Crippen molar-refractivity contribution < 1.29 is 0 Å². The zero-order chi connectivity index (χ0) is 12.4. The van der Waals surface area contributed by atoms with E-state index in [1.807, 2.05) is 24.3 Å². The molecule has 0 aliphatic carbocycles. The highest BCUT2D eigenvalue weighted by molar-refractivity contribution is 6.30. The molecule has 2 rings (SSSR count). The smallest absolute Gasteiger partial charge is 0.0456 e. The Labute approximate surface area is 107 Å². The summed E-state index contributed by atoms with van der Waals surface area (Å²) in [6, 6.07) is 10.1. The van der Waals surface area contributed by atoms with Gasteiger partial charge in [-0.3, -0.25) is 0 Å². The van der Waals surface area contributed by atoms with Gasteiger partial charge in [-0.15, -0.1) is 0 Å². The summed E-state index contributed by atoms with van der Waals surface area (Å²) in [7, 11) is 0. The van der Waals surface area contributed by atoms with Crippen LogP contribution < -0.4 is 5.73 Å². The van der Waals surface area contributed by atoms with Crippen molar-refractivity contribution in [3.63, 3.8) is 0 Å². The third-order valence-electron chi connectivity index (χ3n) is 3.03. The lowest BCUT2D eigenvalue weighted by Gasteiger charge is -2.10. The van der Waals surface area contributed by atoms with Crippen molar-refractivity contribution in [2.45, 2.75) is 20.3 Å². The maximum Gasteiger partial charge on any atom is 0.0456 e. The number of aryl methyl sites for hydroxylation is 1. The van der Waals surface area contributed by atoms with Gasteiger partial charge < -0.3 is 10.3 Å². The summed E-state index contributed by atoms with van der Waals surface area (Å²) in [5, 5.41) is 0.762. The molecule has 0 bridgehead atoms. The van der Waals surface area contributed by atoms with Crippen molar-refractivity contribution in [3.8, 4) is 5.69 Å². The molecular formula is C14H17ClN2. The maximum atomic E-state index is 5.91. The van der Waals surface area contributed by atoms with Crippen LogP contribution in [0.1, 0.15) is 17.0 Å². The van der Waals surface area contributed by atoms with Gasteiger partial charge in [0.2, 0.25) is 0 Å². The molecule has 0 saturated heterocycles. The van der Waals surface area contributed by atoms with Gasteiger partial charge in [0, 0.05) is 22.1 Å². The number of halogens is 1. The second-order valence-electron chi connectivity index (χ2n) is 4.25. The van der Waals surface area contributed by atoms with Gasteiger partial charge in [-0.25, -0.2) is 0 Å². The van der Waals surface area contributed by atoms with Crippen LogP contribution in [0.25, 0.3) is 5.69 Å². The van der Waals surface area contributed by atoms with E-state index in [-0.39, 0.29) is 0 Å². The zero-order valence-corrected chi connectivity index (χ0v) is 11.0. The highest BCUT2D eigenvalue weighted by atomic mass is 35.5. The second kappa shape index (κ2) is 4.94. The summed E-state index contributed by atoms with van der Waals surface area (Å²) in [6.45, 7) is 4.93. The first-order valence-corrected chi connectivity index (χ1v) is 6.15. The Morgan fingerprint density at radius 2 is 1.82 bits per heavy atom. The third-order valence-corrected chi connectivity index (χ3v) is 3.29. The summed E-state index contributed by atoms with van der Waals surface area (Å²) in [6.07, 6.45) is 0.924. The molecule has 0 unspecified atom stereocenters. The Balaban J connectivity index is 2.48. The molecule has 2 N–H and O–H groups in total. The molecular weight excluding hydrogens is 232 g/mol. The first-order chi connectivity index (χ1) is 8.13. The largest absolute Gasteiger partial charge is 0.330 e. The van der Waals surface area contributed by atoms with Crippen molar-refractivity contribution in [2.75, 3.05) is 6.54 Å². The quantitative estimate of drug-likeness (QED) is 0.888. The number of nitrogens with two attached hydrogens (primary N) is 1. The molecule has 17 heavy (non-hydrogen) atoms. The summed E-state index contributed by atoms with van der Waals surface area (Å²) < 4.78 is 2.24. The van der Waals surface area contributed by atoms with E-state index in [1.165, 1.54) is 17.0 Å². The fourth-order valence-corrected chi connectivity index (χ4v) is 2.35. The molecule has 90 valence electrons. The van der Waals surface area contributed by atoms with Crippen LogP contribution in [0, 0.1) is 13.8 Å². The SMILES string of the molecule is Cc1cc(CCN)c(C)n1-c1ccc(Cl)cc1. The Kier molecular flexibility index (Phi) is 3.55. The minimum Gasteiger partial charge on any atom is -0.330 e. The molecule has 1 heterocycles. The van der Waals surface area contributed by atoms with Crippen LogP contribution in [0.2, 0.25) is 5.02 Å². The van der Waals surface area contributed by atoms with Gasteiger partial charge in [0.15, 0.2) is 0 Å². The van der Waals surface area contributed by atoms with Crippen molar-refractivity contribution >= 4 is 11.6 Å². The minimum atomic E-state index is 0.685. The van der Waals surface area contributed by atoms with Crippen molar-refractivity contribution in [1.82, 2.24) is 4.57 Å². The molecule has 1 aromatic heterocycles. The average Bonchev–Trinajstić information content (AvgIpc) is 2.57. The van der Waals surface area contributed by atoms with Crippen LogP contribution in [-0.4, -0.2) is 11.1 Å². The van der Waals surface area contributed by atoms with Crippen LogP contribution in [0.5, 0.6) is 0 Å². The van der Waals surface area contributed by atoms with E-state index in [2.05, 4.69) is 24.5 Å². The standard InChI is InChI=1S/C14H17ClN2/c1-10-9-12(7-8-16)11(2)17(10)14-5-3-13(15)4-6-14/h3-6,9H,7-8,16H2,1-2H3. The van der Waals surface area contributed by atoms with Crippen LogP contribution in [0.4, 0.5) is 0 Å². The molecule has 0 spiro atoms. The Bertz CT molecular complexity index is 512. The van der Waals surface area contributed by atoms with Crippen molar-refractivity contribution in [1.29, 1.82) is 0 Å². The van der Waals surface area contributed by atoms with Crippen LogP contribution in [0.15, 0.2) is 30.3 Å². The van der Waals surface area contributed by atoms with Crippen LogP contribution >= 0.6 is 11.6 Å². The van der Waals surface area contributed by atoms with E-state index in [0.29, 0.717) is 6.54 Å². The first-order valence-electron chi connectivity index (χ1n) is 5.77. The average molecular weight is 249 g/mol. The highest BCUT2D eigenvalue weighted by Gasteiger charge is 2.09.